The second-order valence-corrected chi connectivity index (χ2v) is 7.53. The summed E-state index contributed by atoms with van der Waals surface area (Å²) in [5.74, 6) is 1.55. The number of rotatable bonds is 0. The molecule has 0 saturated carbocycles. The van der Waals surface area contributed by atoms with Gasteiger partial charge < -0.3 is 4.74 Å². The maximum atomic E-state index is 13.0. The molecule has 0 aromatic carbocycles. The zero-order valence-corrected chi connectivity index (χ0v) is 13.7. The van der Waals surface area contributed by atoms with Gasteiger partial charge in [-0.3, -0.25) is 4.79 Å². The summed E-state index contributed by atoms with van der Waals surface area (Å²) in [6.07, 6.45) is 11.3. The van der Waals surface area contributed by atoms with Crippen LogP contribution in [0.1, 0.15) is 59.8 Å². The molecule has 2 nitrogen and oxygen atoms in total. The Labute approximate surface area is 127 Å². The minimum atomic E-state index is -0.261. The molecule has 0 unspecified atom stereocenters. The van der Waals surface area contributed by atoms with Crippen LogP contribution < -0.4 is 0 Å². The van der Waals surface area contributed by atoms with E-state index >= 15 is 0 Å². The van der Waals surface area contributed by atoms with E-state index in [9.17, 15) is 4.79 Å². The van der Waals surface area contributed by atoms with Crippen LogP contribution in [-0.4, -0.2) is 11.4 Å². The summed E-state index contributed by atoms with van der Waals surface area (Å²) < 4.78 is 6.26. The third kappa shape index (κ3) is 2.39. The Hall–Kier alpha value is -1.31. The quantitative estimate of drug-likeness (QED) is 0.602. The van der Waals surface area contributed by atoms with Gasteiger partial charge in [0.2, 0.25) is 0 Å². The van der Waals surface area contributed by atoms with Crippen molar-refractivity contribution in [2.75, 3.05) is 0 Å². The average molecular weight is 286 g/mol. The molecule has 5 rings (SSSR count). The Kier molecular flexibility index (Phi) is 3.38. The molecule has 3 atom stereocenters. The monoisotopic (exact) mass is 286 g/mol. The van der Waals surface area contributed by atoms with Gasteiger partial charge in [-0.2, -0.15) is 0 Å². The highest BCUT2D eigenvalue weighted by Crippen LogP contribution is 2.48. The van der Waals surface area contributed by atoms with E-state index in [1.54, 1.807) is 0 Å². The summed E-state index contributed by atoms with van der Waals surface area (Å²) in [6, 6.07) is 0. The van der Waals surface area contributed by atoms with Crippen molar-refractivity contribution in [2.24, 2.45) is 11.3 Å². The largest absolute Gasteiger partial charge is 0.487 e. The van der Waals surface area contributed by atoms with Gasteiger partial charge >= 0.3 is 0 Å². The van der Waals surface area contributed by atoms with Crippen molar-refractivity contribution in [3.05, 3.63) is 35.1 Å². The van der Waals surface area contributed by atoms with Crippen LogP contribution in [0.5, 0.6) is 0 Å². The minimum absolute atomic E-state index is 0.255. The highest BCUT2D eigenvalue weighted by Gasteiger charge is 2.46. The van der Waals surface area contributed by atoms with Gasteiger partial charge in [0.05, 0.1) is 5.57 Å². The van der Waals surface area contributed by atoms with Gasteiger partial charge in [0.1, 0.15) is 11.4 Å². The summed E-state index contributed by atoms with van der Waals surface area (Å²) >= 11 is 0. The highest BCUT2D eigenvalue weighted by molar-refractivity contribution is 6.03. The Morgan fingerprint density at radius 3 is 2.81 bits per heavy atom. The fraction of sp³-hybridized carbons (Fsp3) is 0.632. The summed E-state index contributed by atoms with van der Waals surface area (Å²) in [4.78, 5) is 13.0. The SMILES string of the molecule is C/C1=C\CC[C@]2(C)C=CC3=C(C[C@H](C)[C@@](C)(CC1)C3=O)O2. The Bertz CT molecular complexity index is 566. The molecule has 3 heterocycles. The topological polar surface area (TPSA) is 26.3 Å². The van der Waals surface area contributed by atoms with Crippen LogP contribution in [0.2, 0.25) is 0 Å². The predicted octanol–water partition coefficient (Wildman–Crippen LogP) is 4.72. The average Bonchev–Trinajstić information content (AvgIpc) is 2.42. The summed E-state index contributed by atoms with van der Waals surface area (Å²) in [5, 5.41) is 0. The first-order valence-corrected chi connectivity index (χ1v) is 8.16. The normalized spacial score (nSPS) is 42.2. The van der Waals surface area contributed by atoms with Crippen LogP contribution in [0.25, 0.3) is 0 Å². The lowest BCUT2D eigenvalue weighted by atomic mass is 9.63. The predicted molar refractivity (Wildman–Crippen MR) is 84.8 cm³/mol. The van der Waals surface area contributed by atoms with Gasteiger partial charge in [-0.05, 0) is 57.6 Å². The molecule has 21 heavy (non-hydrogen) atoms. The van der Waals surface area contributed by atoms with E-state index in [0.29, 0.717) is 5.92 Å². The second-order valence-electron chi connectivity index (χ2n) is 7.53. The first-order chi connectivity index (χ1) is 9.84. The van der Waals surface area contributed by atoms with Crippen molar-refractivity contribution in [1.82, 2.24) is 0 Å². The molecule has 0 radical (unpaired) electrons. The lowest BCUT2D eigenvalue weighted by Gasteiger charge is -2.43. The zero-order chi connectivity index (χ0) is 15.3. The van der Waals surface area contributed by atoms with Crippen LogP contribution >= 0.6 is 0 Å². The van der Waals surface area contributed by atoms with Gasteiger partial charge in [0, 0.05) is 11.8 Å². The lowest BCUT2D eigenvalue weighted by molar-refractivity contribution is -0.129. The number of ketones is 1. The molecule has 0 saturated heterocycles. The maximum absolute atomic E-state index is 13.0. The molecule has 0 spiro atoms. The minimum Gasteiger partial charge on any atom is -0.487 e. The molecule has 2 aliphatic carbocycles. The van der Waals surface area contributed by atoms with E-state index in [2.05, 4.69) is 39.8 Å². The number of fused-ring (bicyclic) bond motifs is 1. The van der Waals surface area contributed by atoms with Gasteiger partial charge in [-0.25, -0.2) is 0 Å². The number of ether oxygens (including phenoxy) is 1. The molecule has 5 aliphatic rings. The van der Waals surface area contributed by atoms with Crippen LogP contribution in [0.4, 0.5) is 0 Å². The molecule has 0 fully saturated rings. The number of Topliss-reactive ketones (excluding diaryl/α,β-unsaturated/α-hetero) is 1. The molecule has 3 aliphatic heterocycles. The zero-order valence-electron chi connectivity index (χ0n) is 13.7. The van der Waals surface area contributed by atoms with Crippen LogP contribution in [0.3, 0.4) is 0 Å². The fourth-order valence-electron chi connectivity index (χ4n) is 3.77. The van der Waals surface area contributed by atoms with Crippen molar-refractivity contribution in [3.8, 4) is 0 Å². The molecular formula is C19H26O2. The molecular weight excluding hydrogens is 260 g/mol. The number of allylic oxidation sites excluding steroid dienone is 5. The van der Waals surface area contributed by atoms with Crippen LogP contribution in [0, 0.1) is 11.3 Å². The van der Waals surface area contributed by atoms with Crippen LogP contribution in [-0.2, 0) is 9.53 Å². The molecule has 2 heteroatoms. The van der Waals surface area contributed by atoms with Gasteiger partial charge in [-0.1, -0.05) is 25.5 Å². The van der Waals surface area contributed by atoms with Crippen molar-refractivity contribution < 1.29 is 9.53 Å². The van der Waals surface area contributed by atoms with Crippen molar-refractivity contribution >= 4 is 5.78 Å². The van der Waals surface area contributed by atoms with Crippen LogP contribution in [0.15, 0.2) is 35.1 Å². The third-order valence-electron chi connectivity index (χ3n) is 5.77. The Balaban J connectivity index is 2.06. The smallest absolute Gasteiger partial charge is 0.172 e. The Morgan fingerprint density at radius 1 is 1.29 bits per heavy atom. The molecule has 114 valence electrons. The molecule has 0 N–H and O–H groups in total. The van der Waals surface area contributed by atoms with Gasteiger partial charge in [0.25, 0.3) is 0 Å². The lowest BCUT2D eigenvalue weighted by Crippen LogP contribution is -2.43. The number of carbonyl (C=O) groups is 1. The third-order valence-corrected chi connectivity index (χ3v) is 5.77. The first kappa shape index (κ1) is 14.6. The van der Waals surface area contributed by atoms with Gasteiger partial charge in [0.15, 0.2) is 5.78 Å². The fourth-order valence-corrected chi connectivity index (χ4v) is 3.77. The molecule has 0 aromatic rings. The van der Waals surface area contributed by atoms with Crippen molar-refractivity contribution in [1.29, 1.82) is 0 Å². The van der Waals surface area contributed by atoms with E-state index in [4.69, 9.17) is 4.74 Å². The van der Waals surface area contributed by atoms with E-state index < -0.39 is 0 Å². The number of carbonyl (C=O) groups excluding carboxylic acids is 1. The molecule has 0 amide bonds. The summed E-state index contributed by atoms with van der Waals surface area (Å²) in [6.45, 7) is 8.66. The summed E-state index contributed by atoms with van der Waals surface area (Å²) in [5.41, 5.74) is 1.72. The van der Waals surface area contributed by atoms with E-state index in [1.165, 1.54) is 5.57 Å². The van der Waals surface area contributed by atoms with E-state index in [1.807, 2.05) is 6.08 Å². The standard InChI is InChI=1S/C19H26O2/c1-13-6-5-9-18(3)10-8-15-16(21-18)12-14(2)19(4,11-7-13)17(15)20/h6,8,10,14H,5,7,9,11-12H2,1-4H3/b13-6+/t14-,18+,19+/m0/s1. The first-order valence-electron chi connectivity index (χ1n) is 8.16. The highest BCUT2D eigenvalue weighted by atomic mass is 16.5. The van der Waals surface area contributed by atoms with E-state index in [0.717, 1.165) is 43.4 Å². The molecule has 4 bridgehead atoms. The Morgan fingerprint density at radius 2 is 2.05 bits per heavy atom. The summed E-state index contributed by atoms with van der Waals surface area (Å²) in [7, 11) is 0. The number of hydrogen-bond donors (Lipinski definition) is 0. The number of hydrogen-bond acceptors (Lipinski definition) is 2. The van der Waals surface area contributed by atoms with Gasteiger partial charge in [-0.15, -0.1) is 0 Å². The van der Waals surface area contributed by atoms with Crippen molar-refractivity contribution in [3.63, 3.8) is 0 Å². The second kappa shape index (κ2) is 4.86. The van der Waals surface area contributed by atoms with Crippen molar-refractivity contribution in [2.45, 2.75) is 65.4 Å². The maximum Gasteiger partial charge on any atom is 0.172 e. The van der Waals surface area contributed by atoms with E-state index in [-0.39, 0.29) is 16.8 Å². The molecule has 0 aromatic heterocycles.